The molecule has 0 radical (unpaired) electrons. The normalized spacial score (nSPS) is 18.1. The van der Waals surface area contributed by atoms with Gasteiger partial charge in [-0.15, -0.1) is 11.3 Å². The number of nitrogens with zero attached hydrogens (tertiary/aromatic N) is 3. The van der Waals surface area contributed by atoms with E-state index < -0.39 is 0 Å². The molecule has 20 heavy (non-hydrogen) atoms. The maximum Gasteiger partial charge on any atom is 0.193 e. The van der Waals surface area contributed by atoms with Crippen LogP contribution in [-0.4, -0.2) is 51.8 Å². The summed E-state index contributed by atoms with van der Waals surface area (Å²) in [4.78, 5) is 8.14. The first-order valence-corrected chi connectivity index (χ1v) is 8.09. The first-order chi connectivity index (χ1) is 9.85. The van der Waals surface area contributed by atoms with Gasteiger partial charge in [0.1, 0.15) is 0 Å². The summed E-state index contributed by atoms with van der Waals surface area (Å²) < 4.78 is 7.84. The number of imidazole rings is 1. The van der Waals surface area contributed by atoms with E-state index in [1.807, 2.05) is 0 Å². The van der Waals surface area contributed by atoms with E-state index in [0.717, 1.165) is 49.6 Å². The number of piperidine rings is 1. The Hall–Kier alpha value is -0.950. The third kappa shape index (κ3) is 3.38. The van der Waals surface area contributed by atoms with E-state index in [9.17, 15) is 0 Å². The van der Waals surface area contributed by atoms with Crippen molar-refractivity contribution in [2.75, 3.05) is 26.3 Å². The standard InChI is InChI=1S/C14H21N3O2S/c18-7-1-8-19-13-2-4-16(5-3-13)10-12-11-17-6-9-20-14(17)15-12/h6,9,11,13,18H,1-5,7-8,10H2. The topological polar surface area (TPSA) is 50.0 Å². The quantitative estimate of drug-likeness (QED) is 0.825. The second-order valence-corrected chi connectivity index (χ2v) is 6.12. The molecule has 2 aromatic rings. The number of aromatic nitrogens is 2. The average Bonchev–Trinajstić information content (AvgIpc) is 3.02. The van der Waals surface area contributed by atoms with Crippen LogP contribution in [0.3, 0.4) is 0 Å². The molecule has 0 unspecified atom stereocenters. The minimum absolute atomic E-state index is 0.219. The van der Waals surface area contributed by atoms with Gasteiger partial charge < -0.3 is 9.84 Å². The van der Waals surface area contributed by atoms with Gasteiger partial charge in [-0.1, -0.05) is 0 Å². The second kappa shape index (κ2) is 6.67. The molecule has 1 N–H and O–H groups in total. The van der Waals surface area contributed by atoms with Crippen LogP contribution in [0.2, 0.25) is 0 Å². The largest absolute Gasteiger partial charge is 0.396 e. The van der Waals surface area contributed by atoms with Crippen molar-refractivity contribution in [1.82, 2.24) is 14.3 Å². The summed E-state index contributed by atoms with van der Waals surface area (Å²) in [5, 5.41) is 10.8. The van der Waals surface area contributed by atoms with E-state index in [1.54, 1.807) is 11.3 Å². The molecule has 0 aromatic carbocycles. The SMILES string of the molecule is OCCCOC1CCN(Cc2cn3ccsc3n2)CC1. The number of thiazole rings is 1. The Morgan fingerprint density at radius 2 is 2.25 bits per heavy atom. The van der Waals surface area contributed by atoms with Crippen LogP contribution >= 0.6 is 11.3 Å². The highest BCUT2D eigenvalue weighted by atomic mass is 32.1. The Bertz CT molecular complexity index is 503. The maximum atomic E-state index is 8.75. The Labute approximate surface area is 122 Å². The second-order valence-electron chi connectivity index (χ2n) is 5.25. The van der Waals surface area contributed by atoms with Gasteiger partial charge in [0, 0.05) is 50.6 Å². The van der Waals surface area contributed by atoms with E-state index in [4.69, 9.17) is 9.84 Å². The van der Waals surface area contributed by atoms with E-state index in [0.29, 0.717) is 12.7 Å². The number of aliphatic hydroxyl groups is 1. The van der Waals surface area contributed by atoms with Gasteiger partial charge in [0.2, 0.25) is 0 Å². The number of likely N-dealkylation sites (tertiary alicyclic amines) is 1. The molecule has 0 saturated carbocycles. The first kappa shape index (κ1) is 14.0. The lowest BCUT2D eigenvalue weighted by Crippen LogP contribution is -2.36. The Kier molecular flexibility index (Phi) is 4.67. The van der Waals surface area contributed by atoms with Crippen molar-refractivity contribution < 1.29 is 9.84 Å². The monoisotopic (exact) mass is 295 g/mol. The Morgan fingerprint density at radius 1 is 1.40 bits per heavy atom. The molecule has 5 nitrogen and oxygen atoms in total. The van der Waals surface area contributed by atoms with Crippen molar-refractivity contribution in [3.05, 3.63) is 23.5 Å². The van der Waals surface area contributed by atoms with E-state index in [-0.39, 0.29) is 6.61 Å². The molecule has 1 fully saturated rings. The van der Waals surface area contributed by atoms with Crippen LogP contribution in [0.15, 0.2) is 17.8 Å². The number of ether oxygens (including phenoxy) is 1. The zero-order valence-corrected chi connectivity index (χ0v) is 12.4. The third-order valence-corrected chi connectivity index (χ3v) is 4.49. The number of aliphatic hydroxyl groups excluding tert-OH is 1. The van der Waals surface area contributed by atoms with Gasteiger partial charge in [0.15, 0.2) is 4.96 Å². The molecule has 0 amide bonds. The lowest BCUT2D eigenvalue weighted by molar-refractivity contribution is 0.000601. The van der Waals surface area contributed by atoms with Gasteiger partial charge >= 0.3 is 0 Å². The summed E-state index contributed by atoms with van der Waals surface area (Å²) in [7, 11) is 0. The molecule has 0 aliphatic carbocycles. The minimum Gasteiger partial charge on any atom is -0.396 e. The molecule has 1 aliphatic heterocycles. The Morgan fingerprint density at radius 3 is 3.00 bits per heavy atom. The average molecular weight is 295 g/mol. The van der Waals surface area contributed by atoms with Crippen LogP contribution in [0.5, 0.6) is 0 Å². The van der Waals surface area contributed by atoms with Gasteiger partial charge in [-0.2, -0.15) is 0 Å². The zero-order valence-electron chi connectivity index (χ0n) is 11.6. The molecular weight excluding hydrogens is 274 g/mol. The van der Waals surface area contributed by atoms with Gasteiger partial charge in [-0.25, -0.2) is 4.98 Å². The molecule has 3 heterocycles. The summed E-state index contributed by atoms with van der Waals surface area (Å²) in [5.74, 6) is 0. The van der Waals surface area contributed by atoms with Crippen LogP contribution in [0.4, 0.5) is 0 Å². The van der Waals surface area contributed by atoms with Crippen molar-refractivity contribution in [2.45, 2.75) is 31.9 Å². The highest BCUT2D eigenvalue weighted by Crippen LogP contribution is 2.17. The molecular formula is C14H21N3O2S. The number of hydrogen-bond acceptors (Lipinski definition) is 5. The summed E-state index contributed by atoms with van der Waals surface area (Å²) >= 11 is 1.67. The van der Waals surface area contributed by atoms with Crippen LogP contribution in [0.1, 0.15) is 25.0 Å². The molecule has 6 heteroatoms. The van der Waals surface area contributed by atoms with E-state index >= 15 is 0 Å². The molecule has 0 spiro atoms. The molecule has 0 bridgehead atoms. The minimum atomic E-state index is 0.219. The molecule has 3 rings (SSSR count). The lowest BCUT2D eigenvalue weighted by Gasteiger charge is -2.31. The zero-order chi connectivity index (χ0) is 13.8. The summed E-state index contributed by atoms with van der Waals surface area (Å²) in [6.07, 6.45) is 7.43. The van der Waals surface area contributed by atoms with Crippen molar-refractivity contribution >= 4 is 16.3 Å². The van der Waals surface area contributed by atoms with Gasteiger partial charge in [-0.3, -0.25) is 9.30 Å². The highest BCUT2D eigenvalue weighted by molar-refractivity contribution is 7.15. The summed E-state index contributed by atoms with van der Waals surface area (Å²) in [5.41, 5.74) is 1.15. The molecule has 1 aliphatic rings. The van der Waals surface area contributed by atoms with Crippen molar-refractivity contribution in [2.24, 2.45) is 0 Å². The smallest absolute Gasteiger partial charge is 0.193 e. The van der Waals surface area contributed by atoms with E-state index in [2.05, 4.69) is 32.1 Å². The number of fused-ring (bicyclic) bond motifs is 1. The van der Waals surface area contributed by atoms with Crippen LogP contribution in [0, 0.1) is 0 Å². The van der Waals surface area contributed by atoms with Crippen molar-refractivity contribution in [1.29, 1.82) is 0 Å². The number of rotatable bonds is 6. The molecule has 110 valence electrons. The van der Waals surface area contributed by atoms with Gasteiger partial charge in [0.05, 0.1) is 11.8 Å². The highest BCUT2D eigenvalue weighted by Gasteiger charge is 2.20. The first-order valence-electron chi connectivity index (χ1n) is 7.21. The maximum absolute atomic E-state index is 8.75. The van der Waals surface area contributed by atoms with Crippen molar-refractivity contribution in [3.63, 3.8) is 0 Å². The lowest BCUT2D eigenvalue weighted by atomic mass is 10.1. The van der Waals surface area contributed by atoms with Gasteiger partial charge in [-0.05, 0) is 19.3 Å². The van der Waals surface area contributed by atoms with Gasteiger partial charge in [0.25, 0.3) is 0 Å². The molecule has 1 saturated heterocycles. The fraction of sp³-hybridized carbons (Fsp3) is 0.643. The fourth-order valence-electron chi connectivity index (χ4n) is 2.63. The predicted molar refractivity (Wildman–Crippen MR) is 79.0 cm³/mol. The van der Waals surface area contributed by atoms with Crippen molar-refractivity contribution in [3.8, 4) is 0 Å². The third-order valence-electron chi connectivity index (χ3n) is 3.72. The van der Waals surface area contributed by atoms with Crippen LogP contribution in [-0.2, 0) is 11.3 Å². The predicted octanol–water partition coefficient (Wildman–Crippen LogP) is 1.76. The molecule has 2 aromatic heterocycles. The summed E-state index contributed by atoms with van der Waals surface area (Å²) in [6.45, 7) is 3.95. The Balaban J connectivity index is 1.45. The fourth-order valence-corrected chi connectivity index (χ4v) is 3.35. The van der Waals surface area contributed by atoms with E-state index in [1.165, 1.54) is 0 Å². The van der Waals surface area contributed by atoms with Crippen LogP contribution < -0.4 is 0 Å². The van der Waals surface area contributed by atoms with Crippen LogP contribution in [0.25, 0.3) is 4.96 Å². The number of hydrogen-bond donors (Lipinski definition) is 1. The summed E-state index contributed by atoms with van der Waals surface area (Å²) in [6, 6.07) is 0. The molecule has 0 atom stereocenters.